The Morgan fingerprint density at radius 1 is 1.04 bits per heavy atom. The molecule has 1 saturated carbocycles. The first kappa shape index (κ1) is 17.5. The van der Waals surface area contributed by atoms with Crippen molar-refractivity contribution in [3.05, 3.63) is 30.3 Å². The van der Waals surface area contributed by atoms with Gasteiger partial charge >= 0.3 is 11.9 Å². The molecule has 0 spiro atoms. The van der Waals surface area contributed by atoms with Crippen LogP contribution in [0.2, 0.25) is 0 Å². The Labute approximate surface area is 138 Å². The quantitative estimate of drug-likeness (QED) is 0.625. The Morgan fingerprint density at radius 3 is 2.26 bits per heavy atom. The molecule has 0 radical (unpaired) electrons. The molecule has 2 rings (SSSR count). The fraction of sp³-hybridized carbons (Fsp3) is 0.579. The Hall–Kier alpha value is -1.84. The molecule has 1 aliphatic rings. The van der Waals surface area contributed by atoms with Gasteiger partial charge in [-0.1, -0.05) is 25.1 Å². The Bertz CT molecular complexity index is 544. The molecular formula is C19H26O4. The SMILES string of the molecule is C[C@H]1C[C@H](C(=O)Oc2ccccc2)CC[C@H]1C(=O)OC(C)(C)C. The molecule has 0 heterocycles. The van der Waals surface area contributed by atoms with Crippen LogP contribution in [0.4, 0.5) is 0 Å². The molecular weight excluding hydrogens is 292 g/mol. The van der Waals surface area contributed by atoms with E-state index in [1.807, 2.05) is 45.9 Å². The van der Waals surface area contributed by atoms with Crippen molar-refractivity contribution < 1.29 is 19.1 Å². The standard InChI is InChI=1S/C19H26O4/c1-13-12-14(17(20)22-15-8-6-5-7-9-15)10-11-16(13)18(21)23-19(2,3)4/h5-9,13-14,16H,10-12H2,1-4H3/t13-,14+,16+/m0/s1. The highest BCUT2D eigenvalue weighted by Gasteiger charge is 2.38. The molecule has 3 atom stereocenters. The van der Waals surface area contributed by atoms with Crippen LogP contribution in [-0.4, -0.2) is 17.5 Å². The molecule has 4 nitrogen and oxygen atoms in total. The first-order valence-electron chi connectivity index (χ1n) is 8.26. The average molecular weight is 318 g/mol. The minimum atomic E-state index is -0.472. The molecule has 126 valence electrons. The maximum atomic E-state index is 12.3. The number of para-hydroxylation sites is 1. The number of carbonyl (C=O) groups excluding carboxylic acids is 2. The predicted molar refractivity (Wildman–Crippen MR) is 87.9 cm³/mol. The van der Waals surface area contributed by atoms with Crippen LogP contribution in [-0.2, 0) is 14.3 Å². The van der Waals surface area contributed by atoms with Crippen molar-refractivity contribution in [2.45, 2.75) is 52.6 Å². The van der Waals surface area contributed by atoms with E-state index in [4.69, 9.17) is 9.47 Å². The molecule has 1 aliphatic carbocycles. The van der Waals surface area contributed by atoms with Crippen LogP contribution in [0.1, 0.15) is 47.0 Å². The normalized spacial score (nSPS) is 24.8. The van der Waals surface area contributed by atoms with Gasteiger partial charge in [-0.3, -0.25) is 9.59 Å². The maximum absolute atomic E-state index is 12.3. The number of esters is 2. The van der Waals surface area contributed by atoms with Crippen LogP contribution in [0.3, 0.4) is 0 Å². The van der Waals surface area contributed by atoms with Crippen molar-refractivity contribution in [1.29, 1.82) is 0 Å². The van der Waals surface area contributed by atoms with E-state index in [2.05, 4.69) is 0 Å². The molecule has 1 aromatic rings. The van der Waals surface area contributed by atoms with E-state index < -0.39 is 5.60 Å². The van der Waals surface area contributed by atoms with Gasteiger partial charge in [-0.25, -0.2) is 0 Å². The van der Waals surface area contributed by atoms with Crippen LogP contribution in [0.15, 0.2) is 30.3 Å². The van der Waals surface area contributed by atoms with Crippen LogP contribution in [0.25, 0.3) is 0 Å². The molecule has 0 unspecified atom stereocenters. The molecule has 1 aromatic carbocycles. The number of carbonyl (C=O) groups is 2. The fourth-order valence-corrected chi connectivity index (χ4v) is 3.03. The Morgan fingerprint density at radius 2 is 1.70 bits per heavy atom. The van der Waals surface area contributed by atoms with Gasteiger partial charge in [0, 0.05) is 0 Å². The highest BCUT2D eigenvalue weighted by atomic mass is 16.6. The van der Waals surface area contributed by atoms with E-state index in [1.165, 1.54) is 0 Å². The zero-order valence-electron chi connectivity index (χ0n) is 14.4. The third-order valence-electron chi connectivity index (χ3n) is 4.17. The lowest BCUT2D eigenvalue weighted by atomic mass is 9.75. The molecule has 0 bridgehead atoms. The van der Waals surface area contributed by atoms with Crippen LogP contribution in [0, 0.1) is 17.8 Å². The van der Waals surface area contributed by atoms with E-state index in [9.17, 15) is 9.59 Å². The van der Waals surface area contributed by atoms with Crippen LogP contribution >= 0.6 is 0 Å². The summed E-state index contributed by atoms with van der Waals surface area (Å²) in [5, 5.41) is 0. The van der Waals surface area contributed by atoms with Gasteiger partial charge in [0.1, 0.15) is 11.4 Å². The number of hydrogen-bond acceptors (Lipinski definition) is 4. The van der Waals surface area contributed by atoms with Crippen molar-refractivity contribution in [3.63, 3.8) is 0 Å². The lowest BCUT2D eigenvalue weighted by Gasteiger charge is -2.33. The smallest absolute Gasteiger partial charge is 0.314 e. The van der Waals surface area contributed by atoms with Crippen molar-refractivity contribution >= 4 is 11.9 Å². The molecule has 0 N–H and O–H groups in total. The second-order valence-electron chi connectivity index (χ2n) is 7.36. The second-order valence-corrected chi connectivity index (χ2v) is 7.36. The molecule has 0 saturated heterocycles. The van der Waals surface area contributed by atoms with Crippen LogP contribution < -0.4 is 4.74 Å². The fourth-order valence-electron chi connectivity index (χ4n) is 3.03. The van der Waals surface area contributed by atoms with Gasteiger partial charge in [-0.15, -0.1) is 0 Å². The van der Waals surface area contributed by atoms with Gasteiger partial charge in [0.05, 0.1) is 11.8 Å². The third-order valence-corrected chi connectivity index (χ3v) is 4.17. The van der Waals surface area contributed by atoms with Crippen LogP contribution in [0.5, 0.6) is 5.75 Å². The first-order chi connectivity index (χ1) is 10.8. The second kappa shape index (κ2) is 7.16. The summed E-state index contributed by atoms with van der Waals surface area (Å²) in [7, 11) is 0. The lowest BCUT2D eigenvalue weighted by Crippen LogP contribution is -2.37. The van der Waals surface area contributed by atoms with E-state index in [-0.39, 0.29) is 29.7 Å². The molecule has 23 heavy (non-hydrogen) atoms. The van der Waals surface area contributed by atoms with Crippen molar-refractivity contribution in [2.24, 2.45) is 17.8 Å². The number of benzene rings is 1. The lowest BCUT2D eigenvalue weighted by molar-refractivity contribution is -0.164. The highest BCUT2D eigenvalue weighted by Crippen LogP contribution is 2.36. The predicted octanol–water partition coefficient (Wildman–Crippen LogP) is 3.99. The molecule has 1 fully saturated rings. The van der Waals surface area contributed by atoms with Gasteiger partial charge in [0.2, 0.25) is 0 Å². The summed E-state index contributed by atoms with van der Waals surface area (Å²) < 4.78 is 10.9. The number of ether oxygens (including phenoxy) is 2. The third kappa shape index (κ3) is 5.08. The zero-order valence-corrected chi connectivity index (χ0v) is 14.4. The molecule has 4 heteroatoms. The van der Waals surface area contributed by atoms with Gasteiger partial charge in [0.25, 0.3) is 0 Å². The first-order valence-corrected chi connectivity index (χ1v) is 8.26. The van der Waals surface area contributed by atoms with E-state index in [0.29, 0.717) is 25.0 Å². The Kier molecular flexibility index (Phi) is 5.45. The van der Waals surface area contributed by atoms with Crippen molar-refractivity contribution in [1.82, 2.24) is 0 Å². The zero-order chi connectivity index (χ0) is 17.0. The average Bonchev–Trinajstić information content (AvgIpc) is 2.46. The van der Waals surface area contributed by atoms with Crippen molar-refractivity contribution in [3.8, 4) is 5.75 Å². The summed E-state index contributed by atoms with van der Waals surface area (Å²) in [6.07, 6.45) is 2.00. The summed E-state index contributed by atoms with van der Waals surface area (Å²) in [6, 6.07) is 9.10. The number of hydrogen-bond donors (Lipinski definition) is 0. The minimum Gasteiger partial charge on any atom is -0.460 e. The van der Waals surface area contributed by atoms with Gasteiger partial charge in [0.15, 0.2) is 0 Å². The number of rotatable bonds is 3. The monoisotopic (exact) mass is 318 g/mol. The Balaban J connectivity index is 1.90. The van der Waals surface area contributed by atoms with Gasteiger partial charge in [-0.2, -0.15) is 0 Å². The summed E-state index contributed by atoms with van der Waals surface area (Å²) in [5.41, 5.74) is -0.472. The van der Waals surface area contributed by atoms with E-state index in [0.717, 1.165) is 0 Å². The van der Waals surface area contributed by atoms with Gasteiger partial charge < -0.3 is 9.47 Å². The summed E-state index contributed by atoms with van der Waals surface area (Å²) in [6.45, 7) is 7.63. The molecule has 0 aliphatic heterocycles. The largest absolute Gasteiger partial charge is 0.460 e. The van der Waals surface area contributed by atoms with Gasteiger partial charge in [-0.05, 0) is 58.1 Å². The highest BCUT2D eigenvalue weighted by molar-refractivity contribution is 5.77. The summed E-state index contributed by atoms with van der Waals surface area (Å²) >= 11 is 0. The topological polar surface area (TPSA) is 52.6 Å². The molecule has 0 aromatic heterocycles. The van der Waals surface area contributed by atoms with Crippen molar-refractivity contribution in [2.75, 3.05) is 0 Å². The summed E-state index contributed by atoms with van der Waals surface area (Å²) in [5.74, 6) is 0.0517. The van der Waals surface area contributed by atoms with E-state index >= 15 is 0 Å². The van der Waals surface area contributed by atoms with E-state index in [1.54, 1.807) is 12.1 Å². The molecule has 0 amide bonds. The minimum absolute atomic E-state index is 0.118. The maximum Gasteiger partial charge on any atom is 0.314 e. The summed E-state index contributed by atoms with van der Waals surface area (Å²) in [4.78, 5) is 24.5.